The number of aromatic nitrogens is 1. The van der Waals surface area contributed by atoms with Crippen LogP contribution in [0.15, 0.2) is 65.5 Å². The third kappa shape index (κ3) is 6.52. The second kappa shape index (κ2) is 10.9. The average molecular weight is 401 g/mol. The quantitative estimate of drug-likeness (QED) is 0.374. The van der Waals surface area contributed by atoms with E-state index in [9.17, 15) is 10.1 Å². The number of nitriles is 1. The van der Waals surface area contributed by atoms with Crippen molar-refractivity contribution in [3.63, 3.8) is 0 Å². The monoisotopic (exact) mass is 400 g/mol. The molecule has 0 radical (unpaired) electrons. The van der Waals surface area contributed by atoms with Crippen molar-refractivity contribution in [2.75, 3.05) is 6.54 Å². The Morgan fingerprint density at radius 1 is 1.23 bits per heavy atom. The predicted molar refractivity (Wildman–Crippen MR) is 121 cm³/mol. The molecule has 1 amide bonds. The van der Waals surface area contributed by atoms with E-state index >= 15 is 0 Å². The highest BCUT2D eigenvalue weighted by atomic mass is 16.1. The van der Waals surface area contributed by atoms with Crippen molar-refractivity contribution in [3.8, 4) is 6.07 Å². The van der Waals surface area contributed by atoms with Crippen LogP contribution in [0.25, 0.3) is 0 Å². The van der Waals surface area contributed by atoms with Crippen LogP contribution in [0.5, 0.6) is 0 Å². The number of carbonyl (C=O) groups is 1. The first-order valence-corrected chi connectivity index (χ1v) is 9.97. The molecule has 5 nitrogen and oxygen atoms in total. The smallest absolute Gasteiger partial charge is 0.253 e. The summed E-state index contributed by atoms with van der Waals surface area (Å²) in [6.07, 6.45) is 6.59. The number of pyridine rings is 1. The minimum absolute atomic E-state index is 0.151. The van der Waals surface area contributed by atoms with Gasteiger partial charge in [-0.1, -0.05) is 47.9 Å². The Morgan fingerprint density at radius 2 is 2.00 bits per heavy atom. The van der Waals surface area contributed by atoms with E-state index in [0.29, 0.717) is 23.3 Å². The molecular weight excluding hydrogens is 372 g/mol. The van der Waals surface area contributed by atoms with E-state index in [2.05, 4.69) is 16.4 Å². The normalized spacial score (nSPS) is 12.0. The van der Waals surface area contributed by atoms with Gasteiger partial charge in [-0.05, 0) is 56.9 Å². The van der Waals surface area contributed by atoms with E-state index in [1.807, 2.05) is 58.0 Å². The first-order valence-electron chi connectivity index (χ1n) is 9.97. The zero-order valence-electron chi connectivity index (χ0n) is 18.0. The maximum absolute atomic E-state index is 12.5. The highest BCUT2D eigenvalue weighted by molar-refractivity contribution is 6.03. The SMILES string of the molecule is CC/C(C)=C(C#N)/C=C(\C)Cc1cncc(C(=O)NCC(=N)c2cccc(C)c2)c1. The minimum Gasteiger partial charge on any atom is -0.346 e. The average Bonchev–Trinajstić information content (AvgIpc) is 2.75. The van der Waals surface area contributed by atoms with E-state index in [1.54, 1.807) is 12.3 Å². The lowest BCUT2D eigenvalue weighted by atomic mass is 10.0. The Bertz CT molecular complexity index is 1040. The fourth-order valence-corrected chi connectivity index (χ4v) is 2.97. The molecule has 1 aromatic heterocycles. The summed E-state index contributed by atoms with van der Waals surface area (Å²) in [4.78, 5) is 16.7. The van der Waals surface area contributed by atoms with Gasteiger partial charge in [0.15, 0.2) is 0 Å². The van der Waals surface area contributed by atoms with Gasteiger partial charge >= 0.3 is 0 Å². The molecule has 0 fully saturated rings. The maximum Gasteiger partial charge on any atom is 0.253 e. The second-order valence-corrected chi connectivity index (χ2v) is 7.44. The molecule has 5 heteroatoms. The van der Waals surface area contributed by atoms with Crippen molar-refractivity contribution in [1.29, 1.82) is 10.7 Å². The van der Waals surface area contributed by atoms with Crippen LogP contribution in [-0.4, -0.2) is 23.1 Å². The molecule has 0 aliphatic carbocycles. The van der Waals surface area contributed by atoms with Crippen LogP contribution < -0.4 is 5.32 Å². The molecule has 2 rings (SSSR count). The first-order chi connectivity index (χ1) is 14.3. The lowest BCUT2D eigenvalue weighted by Gasteiger charge is -2.09. The van der Waals surface area contributed by atoms with E-state index in [0.717, 1.165) is 34.3 Å². The summed E-state index contributed by atoms with van der Waals surface area (Å²) in [5, 5.41) is 20.3. The van der Waals surface area contributed by atoms with Gasteiger partial charge in [-0.2, -0.15) is 5.26 Å². The Balaban J connectivity index is 2.05. The summed E-state index contributed by atoms with van der Waals surface area (Å²) in [5.41, 5.74) is 6.36. The highest BCUT2D eigenvalue weighted by Gasteiger charge is 2.10. The van der Waals surface area contributed by atoms with Gasteiger partial charge < -0.3 is 10.7 Å². The third-order valence-corrected chi connectivity index (χ3v) is 4.83. The molecule has 1 aromatic carbocycles. The number of amides is 1. The van der Waals surface area contributed by atoms with E-state index in [4.69, 9.17) is 5.41 Å². The Morgan fingerprint density at radius 3 is 2.67 bits per heavy atom. The van der Waals surface area contributed by atoms with Crippen LogP contribution in [-0.2, 0) is 6.42 Å². The number of nitrogens with one attached hydrogen (secondary N) is 2. The number of allylic oxidation sites excluding steroid dienone is 4. The molecule has 0 unspecified atom stereocenters. The number of aryl methyl sites for hydroxylation is 1. The molecule has 0 saturated carbocycles. The molecule has 0 atom stereocenters. The number of nitrogens with zero attached hydrogens (tertiary/aromatic N) is 2. The summed E-state index contributed by atoms with van der Waals surface area (Å²) >= 11 is 0. The Kier molecular flexibility index (Phi) is 8.25. The molecule has 1 heterocycles. The zero-order valence-corrected chi connectivity index (χ0v) is 18.0. The number of benzene rings is 1. The van der Waals surface area contributed by atoms with E-state index in [-0.39, 0.29) is 12.5 Å². The van der Waals surface area contributed by atoms with Crippen LogP contribution >= 0.6 is 0 Å². The molecular formula is C25H28N4O. The lowest BCUT2D eigenvalue weighted by Crippen LogP contribution is -2.29. The molecule has 0 spiro atoms. The summed E-state index contributed by atoms with van der Waals surface area (Å²) in [6, 6.07) is 11.7. The van der Waals surface area contributed by atoms with Crippen LogP contribution in [0.4, 0.5) is 0 Å². The van der Waals surface area contributed by atoms with E-state index < -0.39 is 0 Å². The Hall–Kier alpha value is -3.52. The Labute approximate surface area is 178 Å². The molecule has 0 aliphatic heterocycles. The summed E-state index contributed by atoms with van der Waals surface area (Å²) in [5.74, 6) is -0.261. The van der Waals surface area contributed by atoms with Gasteiger partial charge in [0.25, 0.3) is 5.91 Å². The fourth-order valence-electron chi connectivity index (χ4n) is 2.97. The maximum atomic E-state index is 12.5. The summed E-state index contributed by atoms with van der Waals surface area (Å²) < 4.78 is 0. The number of carbonyl (C=O) groups excluding carboxylic acids is 1. The molecule has 154 valence electrons. The zero-order chi connectivity index (χ0) is 22.1. The third-order valence-electron chi connectivity index (χ3n) is 4.83. The number of hydrogen-bond donors (Lipinski definition) is 2. The molecule has 2 aromatic rings. The van der Waals surface area contributed by atoms with Gasteiger partial charge in [0.2, 0.25) is 0 Å². The predicted octanol–water partition coefficient (Wildman–Crippen LogP) is 4.93. The summed E-state index contributed by atoms with van der Waals surface area (Å²) in [6.45, 7) is 8.08. The lowest BCUT2D eigenvalue weighted by molar-refractivity contribution is 0.0959. The fraction of sp³-hybridized carbons (Fsp3) is 0.280. The topological polar surface area (TPSA) is 89.6 Å². The minimum atomic E-state index is -0.261. The molecule has 0 bridgehead atoms. The molecule has 0 aliphatic rings. The van der Waals surface area contributed by atoms with Gasteiger partial charge in [0.1, 0.15) is 0 Å². The van der Waals surface area contributed by atoms with Crippen molar-refractivity contribution in [3.05, 3.63) is 87.8 Å². The largest absolute Gasteiger partial charge is 0.346 e. The van der Waals surface area contributed by atoms with Gasteiger partial charge in [-0.15, -0.1) is 0 Å². The van der Waals surface area contributed by atoms with Crippen LogP contribution in [0.2, 0.25) is 0 Å². The van der Waals surface area contributed by atoms with Crippen molar-refractivity contribution in [2.24, 2.45) is 0 Å². The van der Waals surface area contributed by atoms with E-state index in [1.165, 1.54) is 6.20 Å². The molecule has 0 saturated heterocycles. The molecule has 30 heavy (non-hydrogen) atoms. The van der Waals surface area contributed by atoms with Gasteiger partial charge in [-0.3, -0.25) is 9.78 Å². The van der Waals surface area contributed by atoms with Crippen molar-refractivity contribution < 1.29 is 4.79 Å². The van der Waals surface area contributed by atoms with Crippen molar-refractivity contribution >= 4 is 11.6 Å². The highest BCUT2D eigenvalue weighted by Crippen LogP contribution is 2.15. The second-order valence-electron chi connectivity index (χ2n) is 7.44. The summed E-state index contributed by atoms with van der Waals surface area (Å²) in [7, 11) is 0. The molecule has 2 N–H and O–H groups in total. The van der Waals surface area contributed by atoms with Crippen molar-refractivity contribution in [2.45, 2.75) is 40.5 Å². The van der Waals surface area contributed by atoms with Gasteiger partial charge in [0.05, 0.1) is 29.5 Å². The standard InChI is InChI=1S/C25H28N4O/c1-5-19(4)22(13-26)11-18(3)9-20-12-23(15-28-14-20)25(30)29-16-24(27)21-8-6-7-17(2)10-21/h6-8,10-12,14-15,27H,5,9,16H2,1-4H3,(H,29,30)/b18-11+,22-19-,27-24?. The van der Waals surface area contributed by atoms with Crippen LogP contribution in [0.3, 0.4) is 0 Å². The van der Waals surface area contributed by atoms with Crippen LogP contribution in [0, 0.1) is 23.7 Å². The first kappa shape index (κ1) is 22.8. The van der Waals surface area contributed by atoms with Crippen LogP contribution in [0.1, 0.15) is 54.2 Å². The number of hydrogen-bond acceptors (Lipinski definition) is 4. The van der Waals surface area contributed by atoms with Gasteiger partial charge in [0, 0.05) is 12.4 Å². The van der Waals surface area contributed by atoms with Gasteiger partial charge in [-0.25, -0.2) is 0 Å². The van der Waals surface area contributed by atoms with Crippen molar-refractivity contribution in [1.82, 2.24) is 10.3 Å². The number of rotatable bonds is 8.